The van der Waals surface area contributed by atoms with E-state index in [1.54, 1.807) is 31.2 Å². The van der Waals surface area contributed by atoms with E-state index in [4.69, 9.17) is 16.3 Å². The Morgan fingerprint density at radius 2 is 1.96 bits per heavy atom. The summed E-state index contributed by atoms with van der Waals surface area (Å²) in [6, 6.07) is 7.14. The average Bonchev–Trinajstić information content (AvgIpc) is 2.54. The highest BCUT2D eigenvalue weighted by Gasteiger charge is 2.35. The maximum Gasteiger partial charge on any atom is 0.417 e. The van der Waals surface area contributed by atoms with Crippen molar-refractivity contribution in [3.05, 3.63) is 64.4 Å². The Morgan fingerprint density at radius 1 is 1.25 bits per heavy atom. The van der Waals surface area contributed by atoms with Crippen molar-refractivity contribution in [3.63, 3.8) is 0 Å². The normalized spacial score (nSPS) is 12.1. The van der Waals surface area contributed by atoms with Crippen LogP contribution in [0.25, 0.3) is 0 Å². The number of hydrogen-bond acceptors (Lipinski definition) is 3. The van der Waals surface area contributed by atoms with Gasteiger partial charge in [-0.15, -0.1) is 0 Å². The minimum absolute atomic E-state index is 0.148. The van der Waals surface area contributed by atoms with Crippen LogP contribution in [0, 0.1) is 0 Å². The number of halogens is 4. The van der Waals surface area contributed by atoms with Gasteiger partial charge in [0.1, 0.15) is 0 Å². The van der Waals surface area contributed by atoms with Crippen LogP contribution in [-0.2, 0) is 10.9 Å². The molecule has 8 heteroatoms. The van der Waals surface area contributed by atoms with Crippen molar-refractivity contribution in [2.24, 2.45) is 4.99 Å². The molecular formula is C16H12ClF3N2O2. The smallest absolute Gasteiger partial charge is 0.417 e. The molecule has 1 aromatic carbocycles. The zero-order valence-electron chi connectivity index (χ0n) is 12.5. The van der Waals surface area contributed by atoms with Crippen LogP contribution < -0.4 is 0 Å². The van der Waals surface area contributed by atoms with Gasteiger partial charge in [-0.25, -0.2) is 0 Å². The number of pyridine rings is 1. The molecule has 24 heavy (non-hydrogen) atoms. The molecule has 0 atom stereocenters. The molecule has 0 radical (unpaired) electrons. The summed E-state index contributed by atoms with van der Waals surface area (Å²) in [7, 11) is 0. The summed E-state index contributed by atoms with van der Waals surface area (Å²) in [6.07, 6.45) is -2.91. The summed E-state index contributed by atoms with van der Waals surface area (Å²) < 4.78 is 44.3. The van der Waals surface area contributed by atoms with Crippen molar-refractivity contribution >= 4 is 23.4 Å². The van der Waals surface area contributed by atoms with Crippen LogP contribution in [0.15, 0.2) is 47.7 Å². The molecule has 0 saturated heterocycles. The van der Waals surface area contributed by atoms with Gasteiger partial charge < -0.3 is 4.74 Å². The maximum absolute atomic E-state index is 13.0. The van der Waals surface area contributed by atoms with E-state index in [1.807, 2.05) is 0 Å². The van der Waals surface area contributed by atoms with E-state index in [9.17, 15) is 18.0 Å². The third-order valence-corrected chi connectivity index (χ3v) is 3.27. The van der Waals surface area contributed by atoms with Crippen molar-refractivity contribution in [1.29, 1.82) is 0 Å². The van der Waals surface area contributed by atoms with E-state index in [2.05, 4.69) is 9.98 Å². The molecule has 0 fully saturated rings. The first-order valence-electron chi connectivity index (χ1n) is 6.86. The van der Waals surface area contributed by atoms with E-state index >= 15 is 0 Å². The third-order valence-electron chi connectivity index (χ3n) is 2.95. The molecule has 0 saturated carbocycles. The van der Waals surface area contributed by atoms with Gasteiger partial charge in [-0.3, -0.25) is 9.78 Å². The molecule has 2 aromatic rings. The highest BCUT2D eigenvalue weighted by atomic mass is 35.5. The van der Waals surface area contributed by atoms with Crippen molar-refractivity contribution in [3.8, 4) is 0 Å². The number of carbonyl (C=O) groups excluding carboxylic acids is 1. The van der Waals surface area contributed by atoms with Gasteiger partial charge in [0.25, 0.3) is 5.91 Å². The van der Waals surface area contributed by atoms with Gasteiger partial charge in [-0.05, 0) is 25.1 Å². The highest BCUT2D eigenvalue weighted by Crippen LogP contribution is 2.31. The Labute approximate surface area is 141 Å². The number of aromatic nitrogens is 1. The van der Waals surface area contributed by atoms with Crippen LogP contribution in [0.1, 0.15) is 28.4 Å². The molecule has 4 nitrogen and oxygen atoms in total. The number of alkyl halides is 3. The fourth-order valence-corrected chi connectivity index (χ4v) is 2.12. The fourth-order valence-electron chi connectivity index (χ4n) is 1.91. The van der Waals surface area contributed by atoms with Crippen LogP contribution in [0.5, 0.6) is 0 Å². The van der Waals surface area contributed by atoms with Gasteiger partial charge in [0.15, 0.2) is 0 Å². The lowest BCUT2D eigenvalue weighted by molar-refractivity contribution is -0.138. The van der Waals surface area contributed by atoms with Crippen molar-refractivity contribution < 1.29 is 22.7 Å². The molecule has 0 N–H and O–H groups in total. The molecule has 1 amide bonds. The molecule has 1 heterocycles. The summed E-state index contributed by atoms with van der Waals surface area (Å²) in [4.78, 5) is 19.5. The fraction of sp³-hybridized carbons (Fsp3) is 0.188. The second-order valence-electron chi connectivity index (χ2n) is 4.55. The lowest BCUT2D eigenvalue weighted by Crippen LogP contribution is -2.15. The number of carbonyl (C=O) groups is 1. The minimum Gasteiger partial charge on any atom is -0.477 e. The molecule has 2 rings (SSSR count). The Bertz CT molecular complexity index is 776. The average molecular weight is 357 g/mol. The molecule has 0 bridgehead atoms. The second kappa shape index (κ2) is 7.44. The highest BCUT2D eigenvalue weighted by molar-refractivity contribution is 6.34. The number of ether oxygens (including phenoxy) is 1. The Hall–Kier alpha value is -2.41. The lowest BCUT2D eigenvalue weighted by Gasteiger charge is -2.11. The number of aliphatic imine (C=N–C) groups is 1. The first-order valence-corrected chi connectivity index (χ1v) is 7.24. The monoisotopic (exact) mass is 356 g/mol. The summed E-state index contributed by atoms with van der Waals surface area (Å²) in [5.74, 6) is -1.26. The van der Waals surface area contributed by atoms with Crippen molar-refractivity contribution in [2.45, 2.75) is 13.1 Å². The van der Waals surface area contributed by atoms with E-state index in [-0.39, 0.29) is 17.5 Å². The van der Waals surface area contributed by atoms with Gasteiger partial charge in [-0.2, -0.15) is 18.2 Å². The predicted molar refractivity (Wildman–Crippen MR) is 83.2 cm³/mol. The largest absolute Gasteiger partial charge is 0.477 e. The topological polar surface area (TPSA) is 51.5 Å². The Balaban J connectivity index is 2.48. The third kappa shape index (κ3) is 4.11. The van der Waals surface area contributed by atoms with Crippen LogP contribution in [-0.4, -0.2) is 23.4 Å². The Morgan fingerprint density at radius 3 is 2.58 bits per heavy atom. The standard InChI is InChI=1S/C16H12ClF3N2O2/c1-2-24-15(10-5-3-4-6-13(10)17)22-14(23)11-9-21-8-7-12(11)16(18,19)20/h3-9H,2H2,1H3. The predicted octanol–water partition coefficient (Wildman–Crippen LogP) is 4.38. The van der Waals surface area contributed by atoms with Crippen LogP contribution >= 0.6 is 11.6 Å². The molecule has 0 spiro atoms. The first-order chi connectivity index (χ1) is 11.3. The molecule has 0 unspecified atom stereocenters. The number of amides is 1. The van der Waals surface area contributed by atoms with E-state index in [0.717, 1.165) is 18.5 Å². The molecule has 0 aliphatic rings. The molecule has 0 aliphatic carbocycles. The zero-order chi connectivity index (χ0) is 17.7. The van der Waals surface area contributed by atoms with Gasteiger partial charge in [-0.1, -0.05) is 23.7 Å². The molecule has 1 aromatic heterocycles. The molecular weight excluding hydrogens is 345 g/mol. The van der Waals surface area contributed by atoms with E-state index in [1.165, 1.54) is 0 Å². The van der Waals surface area contributed by atoms with Crippen molar-refractivity contribution in [2.75, 3.05) is 6.61 Å². The van der Waals surface area contributed by atoms with Gasteiger partial charge >= 0.3 is 6.18 Å². The molecule has 0 aliphatic heterocycles. The van der Waals surface area contributed by atoms with Gasteiger partial charge in [0.2, 0.25) is 5.90 Å². The van der Waals surface area contributed by atoms with Crippen LogP contribution in [0.2, 0.25) is 5.02 Å². The SMILES string of the molecule is CCOC(=NC(=O)c1cnccc1C(F)(F)F)c1ccccc1Cl. The number of hydrogen-bond donors (Lipinski definition) is 0. The summed E-state index contributed by atoms with van der Waals surface area (Å²) >= 11 is 6.02. The lowest BCUT2D eigenvalue weighted by atomic mass is 10.1. The van der Waals surface area contributed by atoms with Gasteiger partial charge in [0, 0.05) is 12.4 Å². The maximum atomic E-state index is 13.0. The van der Waals surface area contributed by atoms with Crippen LogP contribution in [0.3, 0.4) is 0 Å². The molecule has 126 valence electrons. The first kappa shape index (κ1) is 17.9. The minimum atomic E-state index is -4.69. The quantitative estimate of drug-likeness (QED) is 0.606. The van der Waals surface area contributed by atoms with Crippen molar-refractivity contribution in [1.82, 2.24) is 4.98 Å². The number of nitrogens with zero attached hydrogens (tertiary/aromatic N) is 2. The number of rotatable bonds is 3. The van der Waals surface area contributed by atoms with Crippen LogP contribution in [0.4, 0.5) is 13.2 Å². The summed E-state index contributed by atoms with van der Waals surface area (Å²) in [5, 5.41) is 0.264. The zero-order valence-corrected chi connectivity index (χ0v) is 13.2. The second-order valence-corrected chi connectivity index (χ2v) is 4.96. The van der Waals surface area contributed by atoms with Gasteiger partial charge in [0.05, 0.1) is 28.3 Å². The summed E-state index contributed by atoms with van der Waals surface area (Å²) in [6.45, 7) is 1.82. The van der Waals surface area contributed by atoms with E-state index < -0.39 is 23.2 Å². The van der Waals surface area contributed by atoms with E-state index in [0.29, 0.717) is 5.56 Å². The Kier molecular flexibility index (Phi) is 5.56. The summed E-state index contributed by atoms with van der Waals surface area (Å²) in [5.41, 5.74) is -1.46. The number of benzene rings is 1.